The van der Waals surface area contributed by atoms with Gasteiger partial charge >= 0.3 is 6.03 Å². The number of nitrogens with zero attached hydrogens (tertiary/aromatic N) is 3. The molecule has 1 atom stereocenters. The van der Waals surface area contributed by atoms with E-state index in [1.807, 2.05) is 32.9 Å². The third-order valence-corrected chi connectivity index (χ3v) is 4.09. The van der Waals surface area contributed by atoms with Gasteiger partial charge in [-0.05, 0) is 19.1 Å². The number of urea groups is 1. The van der Waals surface area contributed by atoms with E-state index in [2.05, 4.69) is 15.5 Å². The molecule has 25 heavy (non-hydrogen) atoms. The van der Waals surface area contributed by atoms with Crippen LogP contribution in [0.2, 0.25) is 0 Å². The summed E-state index contributed by atoms with van der Waals surface area (Å²) in [5.41, 5.74) is 0. The van der Waals surface area contributed by atoms with Crippen LogP contribution in [0, 0.1) is 6.92 Å². The van der Waals surface area contributed by atoms with E-state index in [9.17, 15) is 4.79 Å². The van der Waals surface area contributed by atoms with Gasteiger partial charge in [-0.1, -0.05) is 19.0 Å². The second-order valence-electron chi connectivity index (χ2n) is 6.42. The summed E-state index contributed by atoms with van der Waals surface area (Å²) < 4.78 is 16.4. The highest BCUT2D eigenvalue weighted by atomic mass is 16.5. The van der Waals surface area contributed by atoms with Gasteiger partial charge in [-0.25, -0.2) is 4.79 Å². The zero-order valence-corrected chi connectivity index (χ0v) is 14.8. The van der Waals surface area contributed by atoms with E-state index in [1.165, 1.54) is 0 Å². The number of aromatic nitrogens is 2. The van der Waals surface area contributed by atoms with Crippen molar-refractivity contribution < 1.29 is 18.5 Å². The van der Waals surface area contributed by atoms with Crippen LogP contribution in [0.15, 0.2) is 21.1 Å². The Morgan fingerprint density at radius 1 is 1.44 bits per heavy atom. The van der Waals surface area contributed by atoms with Crippen LogP contribution in [0.1, 0.15) is 49.0 Å². The molecule has 1 aliphatic rings. The first-order valence-corrected chi connectivity index (χ1v) is 8.55. The van der Waals surface area contributed by atoms with Crippen LogP contribution in [0.5, 0.6) is 0 Å². The van der Waals surface area contributed by atoms with Crippen molar-refractivity contribution in [3.05, 3.63) is 35.4 Å². The molecule has 0 bridgehead atoms. The first-order valence-electron chi connectivity index (χ1n) is 8.55. The summed E-state index contributed by atoms with van der Waals surface area (Å²) in [6.07, 6.45) is 0.500. The summed E-state index contributed by atoms with van der Waals surface area (Å²) in [6.45, 7) is 7.80. The molecule has 0 spiro atoms. The van der Waals surface area contributed by atoms with Crippen molar-refractivity contribution in [2.75, 3.05) is 26.3 Å². The largest absolute Gasteiger partial charge is 0.464 e. The average Bonchev–Trinajstić information content (AvgIpc) is 3.24. The summed E-state index contributed by atoms with van der Waals surface area (Å²) >= 11 is 0. The molecule has 2 amide bonds. The molecule has 136 valence electrons. The molecule has 1 saturated heterocycles. The van der Waals surface area contributed by atoms with Crippen molar-refractivity contribution in [3.63, 3.8) is 0 Å². The minimum Gasteiger partial charge on any atom is -0.464 e. The maximum absolute atomic E-state index is 12.5. The second-order valence-corrected chi connectivity index (χ2v) is 6.42. The van der Waals surface area contributed by atoms with Crippen molar-refractivity contribution in [1.29, 1.82) is 0 Å². The molecule has 0 saturated carbocycles. The van der Waals surface area contributed by atoms with Crippen LogP contribution < -0.4 is 5.32 Å². The topological polar surface area (TPSA) is 93.6 Å². The molecule has 2 aromatic rings. The van der Waals surface area contributed by atoms with Gasteiger partial charge in [0, 0.05) is 25.4 Å². The first kappa shape index (κ1) is 17.5. The van der Waals surface area contributed by atoms with Gasteiger partial charge in [0.15, 0.2) is 5.82 Å². The summed E-state index contributed by atoms with van der Waals surface area (Å²) in [5.74, 6) is 2.99. The lowest BCUT2D eigenvalue weighted by molar-refractivity contribution is 0.00411. The molecular formula is C17H24N4O4. The molecular weight excluding hydrogens is 324 g/mol. The Morgan fingerprint density at radius 2 is 2.28 bits per heavy atom. The minimum atomic E-state index is -0.210. The molecule has 0 aromatic carbocycles. The van der Waals surface area contributed by atoms with E-state index in [0.29, 0.717) is 44.4 Å². The van der Waals surface area contributed by atoms with Crippen LogP contribution in [0.4, 0.5) is 4.79 Å². The minimum absolute atomic E-state index is 0.147. The number of ether oxygens (including phenoxy) is 1. The summed E-state index contributed by atoms with van der Waals surface area (Å²) in [6, 6.07) is 3.42. The van der Waals surface area contributed by atoms with Crippen molar-refractivity contribution in [2.45, 2.75) is 39.2 Å². The van der Waals surface area contributed by atoms with Crippen molar-refractivity contribution in [3.8, 4) is 0 Å². The highest BCUT2D eigenvalue weighted by Gasteiger charge is 2.30. The van der Waals surface area contributed by atoms with Crippen LogP contribution >= 0.6 is 0 Å². The monoisotopic (exact) mass is 348 g/mol. The molecule has 2 aromatic heterocycles. The Kier molecular flexibility index (Phi) is 5.37. The maximum Gasteiger partial charge on any atom is 0.318 e. The van der Waals surface area contributed by atoms with E-state index in [1.54, 1.807) is 4.90 Å². The van der Waals surface area contributed by atoms with Crippen LogP contribution in [0.25, 0.3) is 0 Å². The van der Waals surface area contributed by atoms with Crippen molar-refractivity contribution in [1.82, 2.24) is 20.4 Å². The fourth-order valence-corrected chi connectivity index (χ4v) is 2.70. The van der Waals surface area contributed by atoms with Gasteiger partial charge in [0.2, 0.25) is 5.89 Å². The van der Waals surface area contributed by atoms with Crippen molar-refractivity contribution in [2.24, 2.45) is 0 Å². The Morgan fingerprint density at radius 3 is 2.96 bits per heavy atom. The van der Waals surface area contributed by atoms with E-state index in [-0.39, 0.29) is 18.0 Å². The molecule has 1 N–H and O–H groups in total. The number of rotatable bonds is 5. The van der Waals surface area contributed by atoms with Crippen LogP contribution in [0.3, 0.4) is 0 Å². The lowest BCUT2D eigenvalue weighted by Gasteiger charge is -2.34. The predicted molar refractivity (Wildman–Crippen MR) is 89.2 cm³/mol. The molecule has 0 aliphatic carbocycles. The van der Waals surface area contributed by atoms with Crippen molar-refractivity contribution >= 4 is 6.03 Å². The van der Waals surface area contributed by atoms with Gasteiger partial charge in [-0.2, -0.15) is 4.98 Å². The molecule has 0 unspecified atom stereocenters. The maximum atomic E-state index is 12.5. The van der Waals surface area contributed by atoms with E-state index in [4.69, 9.17) is 13.7 Å². The molecule has 1 aliphatic heterocycles. The fourth-order valence-electron chi connectivity index (χ4n) is 2.70. The Balaban J connectivity index is 1.55. The molecule has 8 heteroatoms. The number of aryl methyl sites for hydroxylation is 1. The Bertz CT molecular complexity index is 709. The SMILES string of the molecule is Cc1ccc([C@@H]2COCCN2C(=O)NCCc2nc(C(C)C)no2)o1. The fraction of sp³-hybridized carbons (Fsp3) is 0.588. The Hall–Kier alpha value is -2.35. The molecule has 3 rings (SSSR count). The number of nitrogens with one attached hydrogen (secondary N) is 1. The zero-order valence-electron chi connectivity index (χ0n) is 14.8. The number of hydrogen-bond acceptors (Lipinski definition) is 6. The van der Waals surface area contributed by atoms with Gasteiger partial charge in [-0.3, -0.25) is 0 Å². The number of carbonyl (C=O) groups is 1. The van der Waals surface area contributed by atoms with Crippen LogP contribution in [-0.4, -0.2) is 47.4 Å². The third kappa shape index (κ3) is 4.19. The van der Waals surface area contributed by atoms with Gasteiger partial charge < -0.3 is 23.9 Å². The summed E-state index contributed by atoms with van der Waals surface area (Å²) in [7, 11) is 0. The Labute approximate surface area is 146 Å². The standard InChI is InChI=1S/C17H24N4O4/c1-11(2)16-19-15(25-20-16)6-7-18-17(22)21-8-9-23-10-13(21)14-5-4-12(3)24-14/h4-5,11,13H,6-10H2,1-3H3,(H,18,22)/t13-/m0/s1. The number of morpholine rings is 1. The molecule has 0 radical (unpaired) electrons. The molecule has 8 nitrogen and oxygen atoms in total. The average molecular weight is 348 g/mol. The second kappa shape index (κ2) is 7.69. The lowest BCUT2D eigenvalue weighted by atomic mass is 10.2. The van der Waals surface area contributed by atoms with Gasteiger partial charge in [0.05, 0.1) is 13.2 Å². The highest BCUT2D eigenvalue weighted by Crippen LogP contribution is 2.25. The predicted octanol–water partition coefficient (Wildman–Crippen LogP) is 2.42. The third-order valence-electron chi connectivity index (χ3n) is 4.09. The van der Waals surface area contributed by atoms with Crippen LogP contribution in [-0.2, 0) is 11.2 Å². The number of amides is 2. The number of hydrogen-bond donors (Lipinski definition) is 1. The smallest absolute Gasteiger partial charge is 0.318 e. The van der Waals surface area contributed by atoms with E-state index < -0.39 is 0 Å². The van der Waals surface area contributed by atoms with Gasteiger partial charge in [-0.15, -0.1) is 0 Å². The normalized spacial score (nSPS) is 17.9. The van der Waals surface area contributed by atoms with E-state index >= 15 is 0 Å². The first-order chi connectivity index (χ1) is 12.0. The molecule has 1 fully saturated rings. The van der Waals surface area contributed by atoms with Gasteiger partial charge in [0.25, 0.3) is 0 Å². The summed E-state index contributed by atoms with van der Waals surface area (Å²) in [4.78, 5) is 18.6. The highest BCUT2D eigenvalue weighted by molar-refractivity contribution is 5.74. The summed E-state index contributed by atoms with van der Waals surface area (Å²) in [5, 5.41) is 6.83. The zero-order chi connectivity index (χ0) is 17.8. The number of carbonyl (C=O) groups excluding carboxylic acids is 1. The number of furan rings is 1. The quantitative estimate of drug-likeness (QED) is 0.892. The lowest BCUT2D eigenvalue weighted by Crippen LogP contribution is -2.48. The van der Waals surface area contributed by atoms with Gasteiger partial charge in [0.1, 0.15) is 17.6 Å². The van der Waals surface area contributed by atoms with E-state index in [0.717, 1.165) is 11.5 Å². The molecule has 3 heterocycles.